The molecule has 3 atom stereocenters. The van der Waals surface area contributed by atoms with E-state index in [1.54, 1.807) is 0 Å². The van der Waals surface area contributed by atoms with Crippen molar-refractivity contribution in [3.63, 3.8) is 0 Å². The lowest BCUT2D eigenvalue weighted by molar-refractivity contribution is -0.166. The predicted molar refractivity (Wildman–Crippen MR) is 61.9 cm³/mol. The number of carbonyl (C=O) groups is 3. The summed E-state index contributed by atoms with van der Waals surface area (Å²) < 4.78 is 15.1. The lowest BCUT2D eigenvalue weighted by atomic mass is 9.93. The molecule has 0 amide bonds. The highest BCUT2D eigenvalue weighted by Gasteiger charge is 2.36. The molecule has 0 radical (unpaired) electrons. The molecule has 1 N–H and O–H groups in total. The Morgan fingerprint density at radius 2 is 1.95 bits per heavy atom. The minimum Gasteiger partial charge on any atom is -0.491 e. The number of carboxylic acids is 1. The minimum absolute atomic E-state index is 0.103. The Morgan fingerprint density at radius 3 is 2.47 bits per heavy atom. The van der Waals surface area contributed by atoms with Crippen LogP contribution in [0.1, 0.15) is 20.3 Å². The minimum atomic E-state index is -1.01. The third kappa shape index (κ3) is 4.99. The van der Waals surface area contributed by atoms with Crippen LogP contribution in [0, 0.1) is 5.92 Å². The number of hydrogen-bond acceptors (Lipinski definition) is 6. The van der Waals surface area contributed by atoms with E-state index in [2.05, 4.69) is 0 Å². The summed E-state index contributed by atoms with van der Waals surface area (Å²) in [7, 11) is 0. The zero-order valence-corrected chi connectivity index (χ0v) is 10.7. The van der Waals surface area contributed by atoms with Gasteiger partial charge in [0.25, 0.3) is 0 Å². The van der Waals surface area contributed by atoms with Crippen molar-refractivity contribution in [3.05, 3.63) is 12.3 Å². The van der Waals surface area contributed by atoms with Crippen molar-refractivity contribution in [1.82, 2.24) is 0 Å². The van der Waals surface area contributed by atoms with E-state index in [0.717, 1.165) is 0 Å². The zero-order valence-electron chi connectivity index (χ0n) is 10.7. The fourth-order valence-electron chi connectivity index (χ4n) is 1.78. The van der Waals surface area contributed by atoms with Crippen molar-refractivity contribution in [1.29, 1.82) is 0 Å². The first-order chi connectivity index (χ1) is 8.90. The van der Waals surface area contributed by atoms with Crippen molar-refractivity contribution in [3.8, 4) is 0 Å². The van der Waals surface area contributed by atoms with Crippen LogP contribution in [0.15, 0.2) is 12.3 Å². The van der Waals surface area contributed by atoms with Gasteiger partial charge >= 0.3 is 17.9 Å². The van der Waals surface area contributed by atoms with Crippen LogP contribution in [0.3, 0.4) is 0 Å². The van der Waals surface area contributed by atoms with Crippen molar-refractivity contribution < 1.29 is 33.7 Å². The number of carbonyl (C=O) groups excluding carboxylic acids is 2. The molecular weight excluding hydrogens is 256 g/mol. The summed E-state index contributed by atoms with van der Waals surface area (Å²) in [5.41, 5.74) is 0. The van der Waals surface area contributed by atoms with Crippen LogP contribution in [0.5, 0.6) is 0 Å². The SMILES string of the molecule is CC(=O)OC[C@H]1OC=C[C@H](CC(=O)O)[C@H]1OC(C)=O. The van der Waals surface area contributed by atoms with Crippen molar-refractivity contribution in [2.24, 2.45) is 5.92 Å². The van der Waals surface area contributed by atoms with Gasteiger partial charge in [-0.1, -0.05) is 0 Å². The fourth-order valence-corrected chi connectivity index (χ4v) is 1.78. The second-order valence-corrected chi connectivity index (χ2v) is 4.14. The molecule has 0 saturated carbocycles. The Morgan fingerprint density at radius 1 is 1.26 bits per heavy atom. The van der Waals surface area contributed by atoms with Gasteiger partial charge in [0.15, 0.2) is 6.10 Å². The molecule has 1 rings (SSSR count). The van der Waals surface area contributed by atoms with Gasteiger partial charge in [0.1, 0.15) is 12.7 Å². The standard InChI is InChI=1S/C12H16O7/c1-7(13)18-6-10-12(19-8(2)14)9(3-4-17-10)5-11(15)16/h3-4,9-10,12H,5-6H2,1-2H3,(H,15,16)/t9-,10-,12-/m1/s1. The third-order valence-electron chi connectivity index (χ3n) is 2.53. The predicted octanol–water partition coefficient (Wildman–Crippen LogP) is 0.485. The van der Waals surface area contributed by atoms with Gasteiger partial charge in [0.05, 0.1) is 12.7 Å². The van der Waals surface area contributed by atoms with Gasteiger partial charge < -0.3 is 19.3 Å². The van der Waals surface area contributed by atoms with Crippen LogP contribution < -0.4 is 0 Å². The molecule has 0 aromatic heterocycles. The molecule has 1 aliphatic heterocycles. The average molecular weight is 272 g/mol. The fraction of sp³-hybridized carbons (Fsp3) is 0.583. The van der Waals surface area contributed by atoms with Gasteiger partial charge in [-0.25, -0.2) is 0 Å². The van der Waals surface area contributed by atoms with Gasteiger partial charge in [-0.2, -0.15) is 0 Å². The highest BCUT2D eigenvalue weighted by atomic mass is 16.6. The summed E-state index contributed by atoms with van der Waals surface area (Å²) in [6.45, 7) is 2.36. The van der Waals surface area contributed by atoms with Gasteiger partial charge in [-0.15, -0.1) is 0 Å². The normalized spacial score (nSPS) is 25.3. The van der Waals surface area contributed by atoms with E-state index in [-0.39, 0.29) is 13.0 Å². The first kappa shape index (κ1) is 15.0. The molecule has 19 heavy (non-hydrogen) atoms. The maximum atomic E-state index is 11.1. The molecule has 1 aliphatic rings. The Hall–Kier alpha value is -2.05. The quantitative estimate of drug-likeness (QED) is 0.727. The monoisotopic (exact) mass is 272 g/mol. The zero-order chi connectivity index (χ0) is 14.4. The summed E-state index contributed by atoms with van der Waals surface area (Å²) in [5, 5.41) is 8.82. The molecule has 1 heterocycles. The van der Waals surface area contributed by atoms with Crippen LogP contribution in [-0.4, -0.2) is 41.8 Å². The second-order valence-electron chi connectivity index (χ2n) is 4.14. The lowest BCUT2D eigenvalue weighted by Crippen LogP contribution is -2.43. The van der Waals surface area contributed by atoms with Crippen molar-refractivity contribution >= 4 is 17.9 Å². The second kappa shape index (κ2) is 6.77. The van der Waals surface area contributed by atoms with Gasteiger partial charge in [-0.05, 0) is 6.08 Å². The number of rotatable bonds is 5. The summed E-state index contributed by atoms with van der Waals surface area (Å²) in [6.07, 6.45) is 1.15. The summed E-state index contributed by atoms with van der Waals surface area (Å²) in [5.74, 6) is -2.57. The Balaban J connectivity index is 2.77. The van der Waals surface area contributed by atoms with E-state index >= 15 is 0 Å². The Bertz CT molecular complexity index is 388. The van der Waals surface area contributed by atoms with Crippen LogP contribution in [0.2, 0.25) is 0 Å². The molecule has 0 fully saturated rings. The number of carboxylic acid groups (broad SMARTS) is 1. The largest absolute Gasteiger partial charge is 0.491 e. The summed E-state index contributed by atoms with van der Waals surface area (Å²) >= 11 is 0. The maximum absolute atomic E-state index is 11.1. The van der Waals surface area contributed by atoms with E-state index in [9.17, 15) is 14.4 Å². The Labute approximate surface area is 110 Å². The van der Waals surface area contributed by atoms with Crippen LogP contribution in [-0.2, 0) is 28.6 Å². The summed E-state index contributed by atoms with van der Waals surface area (Å²) in [4.78, 5) is 32.6. The third-order valence-corrected chi connectivity index (χ3v) is 2.53. The maximum Gasteiger partial charge on any atom is 0.304 e. The van der Waals surface area contributed by atoms with Crippen LogP contribution in [0.4, 0.5) is 0 Å². The molecule has 106 valence electrons. The van der Waals surface area contributed by atoms with E-state index in [1.165, 1.54) is 26.2 Å². The molecule has 7 heteroatoms. The Kier molecular flexibility index (Phi) is 5.35. The van der Waals surface area contributed by atoms with E-state index in [1.807, 2.05) is 0 Å². The van der Waals surface area contributed by atoms with Crippen molar-refractivity contribution in [2.45, 2.75) is 32.5 Å². The molecule has 7 nitrogen and oxygen atoms in total. The topological polar surface area (TPSA) is 99.1 Å². The molecule has 0 spiro atoms. The molecule has 0 saturated heterocycles. The number of ether oxygens (including phenoxy) is 3. The van der Waals surface area contributed by atoms with Crippen LogP contribution >= 0.6 is 0 Å². The van der Waals surface area contributed by atoms with E-state index in [4.69, 9.17) is 19.3 Å². The lowest BCUT2D eigenvalue weighted by Gasteiger charge is -2.33. The average Bonchev–Trinajstić information content (AvgIpc) is 2.28. The van der Waals surface area contributed by atoms with Crippen LogP contribution in [0.25, 0.3) is 0 Å². The number of esters is 2. The molecule has 0 unspecified atom stereocenters. The number of hydrogen-bond donors (Lipinski definition) is 1. The molecule has 0 bridgehead atoms. The number of aliphatic carboxylic acids is 1. The van der Waals surface area contributed by atoms with Crippen molar-refractivity contribution in [2.75, 3.05) is 6.61 Å². The van der Waals surface area contributed by atoms with E-state index in [0.29, 0.717) is 0 Å². The molecule has 0 aliphatic carbocycles. The highest BCUT2D eigenvalue weighted by molar-refractivity contribution is 5.68. The van der Waals surface area contributed by atoms with Gasteiger partial charge in [0.2, 0.25) is 0 Å². The molecule has 0 aromatic rings. The van der Waals surface area contributed by atoms with Gasteiger partial charge in [0, 0.05) is 19.8 Å². The first-order valence-electron chi connectivity index (χ1n) is 5.74. The van der Waals surface area contributed by atoms with Gasteiger partial charge in [-0.3, -0.25) is 14.4 Å². The molecule has 0 aromatic carbocycles. The van der Waals surface area contributed by atoms with E-state index < -0.39 is 36.0 Å². The molecular formula is C12H16O7. The first-order valence-corrected chi connectivity index (χ1v) is 5.74. The summed E-state index contributed by atoms with van der Waals surface area (Å²) in [6, 6.07) is 0. The smallest absolute Gasteiger partial charge is 0.304 e. The highest BCUT2D eigenvalue weighted by Crippen LogP contribution is 2.25.